The third-order valence-corrected chi connectivity index (χ3v) is 4.78. The van der Waals surface area contributed by atoms with E-state index in [0.717, 1.165) is 11.6 Å². The highest BCUT2D eigenvalue weighted by atomic mass is 32.2. The Hall–Kier alpha value is -2.52. The Kier molecular flexibility index (Phi) is 5.47. The van der Waals surface area contributed by atoms with Gasteiger partial charge < -0.3 is 5.32 Å². The molecule has 7 nitrogen and oxygen atoms in total. The number of nitrogens with zero attached hydrogens (tertiary/aromatic N) is 1. The highest BCUT2D eigenvalue weighted by Gasteiger charge is 2.20. The number of sulfonamides is 1. The van der Waals surface area contributed by atoms with Crippen molar-refractivity contribution in [2.24, 2.45) is 0 Å². The lowest BCUT2D eigenvalue weighted by Crippen LogP contribution is -2.19. The van der Waals surface area contributed by atoms with Gasteiger partial charge in [-0.2, -0.15) is 0 Å². The minimum Gasteiger partial charge on any atom is -0.379 e. The molecule has 0 fully saturated rings. The van der Waals surface area contributed by atoms with Crippen LogP contribution in [0.4, 0.5) is 15.8 Å². The molecular formula is C15H16FN3O4S. The third-order valence-electron chi connectivity index (χ3n) is 3.36. The Labute approximate surface area is 138 Å². The first-order chi connectivity index (χ1) is 11.3. The molecule has 0 aliphatic carbocycles. The summed E-state index contributed by atoms with van der Waals surface area (Å²) in [5, 5.41) is 14.0. The Morgan fingerprint density at radius 1 is 1.21 bits per heavy atom. The van der Waals surface area contributed by atoms with Crippen LogP contribution in [0, 0.1) is 15.9 Å². The molecule has 2 rings (SSSR count). The molecule has 0 spiro atoms. The predicted octanol–water partition coefficient (Wildman–Crippen LogP) is 2.30. The Morgan fingerprint density at radius 3 is 2.58 bits per heavy atom. The highest BCUT2D eigenvalue weighted by Crippen LogP contribution is 2.27. The Bertz CT molecular complexity index is 856. The number of hydrogen-bond acceptors (Lipinski definition) is 5. The predicted molar refractivity (Wildman–Crippen MR) is 87.9 cm³/mol. The number of rotatable bonds is 7. The van der Waals surface area contributed by atoms with Crippen LogP contribution in [0.5, 0.6) is 0 Å². The second-order valence-corrected chi connectivity index (χ2v) is 6.84. The molecule has 0 heterocycles. The molecule has 0 bridgehead atoms. The van der Waals surface area contributed by atoms with E-state index < -0.39 is 14.9 Å². The molecule has 0 saturated carbocycles. The van der Waals surface area contributed by atoms with Gasteiger partial charge in [0.1, 0.15) is 11.5 Å². The van der Waals surface area contributed by atoms with Crippen LogP contribution in [-0.2, 0) is 16.4 Å². The maximum absolute atomic E-state index is 13.1. The number of anilines is 1. The van der Waals surface area contributed by atoms with E-state index in [0.29, 0.717) is 13.0 Å². The van der Waals surface area contributed by atoms with E-state index in [1.54, 1.807) is 12.1 Å². The van der Waals surface area contributed by atoms with Crippen molar-refractivity contribution in [3.8, 4) is 0 Å². The number of nitro benzene ring substituents is 1. The zero-order valence-corrected chi connectivity index (χ0v) is 13.6. The minimum atomic E-state index is -3.76. The van der Waals surface area contributed by atoms with Gasteiger partial charge in [-0.15, -0.1) is 0 Å². The van der Waals surface area contributed by atoms with Crippen LogP contribution in [0.1, 0.15) is 5.56 Å². The first-order valence-corrected chi connectivity index (χ1v) is 8.52. The van der Waals surface area contributed by atoms with Gasteiger partial charge in [0.15, 0.2) is 0 Å². The second-order valence-electron chi connectivity index (χ2n) is 4.95. The molecule has 2 aromatic rings. The molecule has 9 heteroatoms. The maximum atomic E-state index is 13.1. The van der Waals surface area contributed by atoms with E-state index in [1.807, 2.05) is 0 Å². The fraction of sp³-hybridized carbons (Fsp3) is 0.200. The van der Waals surface area contributed by atoms with Gasteiger partial charge in [0.05, 0.1) is 9.82 Å². The van der Waals surface area contributed by atoms with Crippen molar-refractivity contribution in [2.75, 3.05) is 18.9 Å². The van der Waals surface area contributed by atoms with Crippen molar-refractivity contribution in [2.45, 2.75) is 11.3 Å². The molecule has 2 aromatic carbocycles. The fourth-order valence-corrected chi connectivity index (χ4v) is 2.88. The van der Waals surface area contributed by atoms with Gasteiger partial charge in [0, 0.05) is 12.6 Å². The van der Waals surface area contributed by atoms with E-state index in [1.165, 1.54) is 31.3 Å². The molecule has 2 N–H and O–H groups in total. The Morgan fingerprint density at radius 2 is 1.96 bits per heavy atom. The second kappa shape index (κ2) is 7.37. The van der Waals surface area contributed by atoms with Crippen LogP contribution >= 0.6 is 0 Å². The van der Waals surface area contributed by atoms with Crippen molar-refractivity contribution in [3.63, 3.8) is 0 Å². The van der Waals surface area contributed by atoms with Crippen molar-refractivity contribution >= 4 is 21.4 Å². The van der Waals surface area contributed by atoms with Gasteiger partial charge in [0.2, 0.25) is 10.0 Å². The lowest BCUT2D eigenvalue weighted by atomic mass is 10.1. The lowest BCUT2D eigenvalue weighted by molar-refractivity contribution is -0.384. The van der Waals surface area contributed by atoms with Gasteiger partial charge in [0.25, 0.3) is 5.69 Å². The van der Waals surface area contributed by atoms with E-state index in [2.05, 4.69) is 10.0 Å². The normalized spacial score (nSPS) is 11.2. The molecule has 24 heavy (non-hydrogen) atoms. The maximum Gasteiger partial charge on any atom is 0.293 e. The molecule has 0 amide bonds. The summed E-state index contributed by atoms with van der Waals surface area (Å²) in [6.45, 7) is 0.336. The summed E-state index contributed by atoms with van der Waals surface area (Å²) in [5.74, 6) is -0.347. The highest BCUT2D eigenvalue weighted by molar-refractivity contribution is 7.89. The summed E-state index contributed by atoms with van der Waals surface area (Å²) < 4.78 is 38.7. The first-order valence-electron chi connectivity index (χ1n) is 7.04. The molecule has 0 unspecified atom stereocenters. The van der Waals surface area contributed by atoms with Crippen molar-refractivity contribution in [3.05, 3.63) is 64.0 Å². The molecule has 0 aromatic heterocycles. The molecular weight excluding hydrogens is 337 g/mol. The van der Waals surface area contributed by atoms with Crippen LogP contribution in [0.2, 0.25) is 0 Å². The smallest absolute Gasteiger partial charge is 0.293 e. The third kappa shape index (κ3) is 4.27. The SMILES string of the molecule is CNS(=O)(=O)c1ccc(NCCc2cccc(F)c2)c([N+](=O)[O-])c1. The summed E-state index contributed by atoms with van der Waals surface area (Å²) >= 11 is 0. The lowest BCUT2D eigenvalue weighted by Gasteiger charge is -2.09. The van der Waals surface area contributed by atoms with Crippen LogP contribution in [0.15, 0.2) is 47.4 Å². The van der Waals surface area contributed by atoms with Gasteiger partial charge in [-0.25, -0.2) is 17.5 Å². The van der Waals surface area contributed by atoms with Crippen LogP contribution in [0.3, 0.4) is 0 Å². The number of benzene rings is 2. The van der Waals surface area contributed by atoms with Crippen molar-refractivity contribution < 1.29 is 17.7 Å². The zero-order valence-electron chi connectivity index (χ0n) is 12.8. The monoisotopic (exact) mass is 353 g/mol. The molecule has 128 valence electrons. The van der Waals surface area contributed by atoms with Crippen LogP contribution in [-0.4, -0.2) is 26.9 Å². The standard InChI is InChI=1S/C15H16FN3O4S/c1-17-24(22,23)13-5-6-14(15(10-13)19(20)21)18-8-7-11-3-2-4-12(16)9-11/h2-6,9-10,17-18H,7-8H2,1H3. The molecule has 0 radical (unpaired) electrons. The summed E-state index contributed by atoms with van der Waals surface area (Å²) in [7, 11) is -2.53. The van der Waals surface area contributed by atoms with E-state index in [-0.39, 0.29) is 22.1 Å². The summed E-state index contributed by atoms with van der Waals surface area (Å²) in [5.41, 5.74) is 0.608. The van der Waals surface area contributed by atoms with Crippen molar-refractivity contribution in [1.82, 2.24) is 4.72 Å². The van der Waals surface area contributed by atoms with E-state index in [9.17, 15) is 22.9 Å². The number of hydrogen-bond donors (Lipinski definition) is 2. The number of nitrogens with one attached hydrogen (secondary N) is 2. The average molecular weight is 353 g/mol. The summed E-state index contributed by atoms with van der Waals surface area (Å²) in [6.07, 6.45) is 0.464. The van der Waals surface area contributed by atoms with Crippen LogP contribution in [0.25, 0.3) is 0 Å². The molecule has 0 aliphatic heterocycles. The topological polar surface area (TPSA) is 101 Å². The molecule has 0 atom stereocenters. The number of halogens is 1. The summed E-state index contributed by atoms with van der Waals surface area (Å²) in [4.78, 5) is 10.3. The number of nitro groups is 1. The minimum absolute atomic E-state index is 0.188. The molecule has 0 aliphatic rings. The van der Waals surface area contributed by atoms with E-state index >= 15 is 0 Å². The van der Waals surface area contributed by atoms with Crippen molar-refractivity contribution in [1.29, 1.82) is 0 Å². The summed E-state index contributed by atoms with van der Waals surface area (Å²) in [6, 6.07) is 9.68. The van der Waals surface area contributed by atoms with Gasteiger partial charge in [-0.3, -0.25) is 10.1 Å². The quantitative estimate of drug-likeness (QED) is 0.587. The average Bonchev–Trinajstić information content (AvgIpc) is 2.55. The largest absolute Gasteiger partial charge is 0.379 e. The van der Waals surface area contributed by atoms with E-state index in [4.69, 9.17) is 0 Å². The van der Waals surface area contributed by atoms with Gasteiger partial charge >= 0.3 is 0 Å². The zero-order chi connectivity index (χ0) is 17.7. The van der Waals surface area contributed by atoms with Gasteiger partial charge in [-0.05, 0) is 43.3 Å². The van der Waals surface area contributed by atoms with Gasteiger partial charge in [-0.1, -0.05) is 12.1 Å². The fourth-order valence-electron chi connectivity index (χ4n) is 2.13. The Balaban J connectivity index is 2.16. The van der Waals surface area contributed by atoms with Crippen LogP contribution < -0.4 is 10.0 Å². The first kappa shape index (κ1) is 17.8. The molecule has 0 saturated heterocycles.